The topological polar surface area (TPSA) is 99.8 Å². The minimum atomic E-state index is -0.845. The number of hydrogen-bond acceptors (Lipinski definition) is 5. The van der Waals surface area contributed by atoms with E-state index in [0.29, 0.717) is 12.8 Å². The van der Waals surface area contributed by atoms with Crippen LogP contribution >= 0.6 is 0 Å². The number of amides is 4. The number of benzene rings is 1. The number of rotatable bonds is 5. The Morgan fingerprint density at radius 2 is 2.00 bits per heavy atom. The first-order valence-corrected chi connectivity index (χ1v) is 8.80. The summed E-state index contributed by atoms with van der Waals surface area (Å²) in [5.74, 6) is -0.0950. The molecule has 26 heavy (non-hydrogen) atoms. The summed E-state index contributed by atoms with van der Waals surface area (Å²) in [4.78, 5) is 37.0. The maximum atomic E-state index is 12.6. The molecule has 140 valence electrons. The highest BCUT2D eigenvalue weighted by atomic mass is 16.5. The first-order chi connectivity index (χ1) is 12.4. The average molecular weight is 360 g/mol. The fourth-order valence-corrected chi connectivity index (χ4v) is 3.52. The van der Waals surface area contributed by atoms with E-state index in [2.05, 4.69) is 16.1 Å². The molecule has 1 aliphatic carbocycles. The Balaban J connectivity index is 1.58. The molecule has 1 aromatic rings. The molecule has 0 radical (unpaired) electrons. The molecule has 1 aromatic carbocycles. The largest absolute Gasteiger partial charge is 0.497 e. The van der Waals surface area contributed by atoms with Gasteiger partial charge in [-0.15, -0.1) is 0 Å². The Kier molecular flexibility index (Phi) is 5.01. The van der Waals surface area contributed by atoms with Crippen LogP contribution in [0.1, 0.15) is 37.7 Å². The number of ether oxygens (including phenoxy) is 1. The van der Waals surface area contributed by atoms with Gasteiger partial charge in [0, 0.05) is 5.69 Å². The summed E-state index contributed by atoms with van der Waals surface area (Å²) >= 11 is 0. The van der Waals surface area contributed by atoms with Gasteiger partial charge in [-0.25, -0.2) is 4.79 Å². The summed E-state index contributed by atoms with van der Waals surface area (Å²) in [6.07, 6.45) is 4.08. The van der Waals surface area contributed by atoms with Crippen molar-refractivity contribution in [3.05, 3.63) is 23.8 Å². The molecule has 1 aliphatic heterocycles. The predicted octanol–water partition coefficient (Wildman–Crippen LogP) is 1.70. The third-order valence-electron chi connectivity index (χ3n) is 4.98. The molecule has 0 unspecified atom stereocenters. The third kappa shape index (κ3) is 3.44. The Morgan fingerprint density at radius 1 is 1.27 bits per heavy atom. The maximum Gasteiger partial charge on any atom is 0.344 e. The molecule has 1 saturated heterocycles. The molecular weight excluding hydrogens is 336 g/mol. The van der Waals surface area contributed by atoms with Gasteiger partial charge in [-0.1, -0.05) is 19.3 Å². The van der Waals surface area contributed by atoms with Crippen molar-refractivity contribution >= 4 is 23.5 Å². The zero-order valence-corrected chi connectivity index (χ0v) is 15.1. The number of nitrogens with zero attached hydrogens (tertiary/aromatic N) is 1. The standard InChI is InChI=1S/C18H24N4O4/c1-12-10-13(26-2)6-7-14(12)19-11-15(23)21-22-16(24)18(20-17(22)25)8-4-3-5-9-18/h6-7,10,19H,3-5,8-9,11H2,1-2H3,(H,20,25)(H,21,23). The van der Waals surface area contributed by atoms with E-state index < -0.39 is 17.5 Å². The van der Waals surface area contributed by atoms with Crippen molar-refractivity contribution in [3.8, 4) is 5.75 Å². The van der Waals surface area contributed by atoms with Crippen molar-refractivity contribution < 1.29 is 19.1 Å². The first-order valence-electron chi connectivity index (χ1n) is 8.80. The van der Waals surface area contributed by atoms with Crippen molar-refractivity contribution in [3.63, 3.8) is 0 Å². The van der Waals surface area contributed by atoms with Gasteiger partial charge < -0.3 is 15.4 Å². The fraction of sp³-hybridized carbons (Fsp3) is 0.500. The Labute approximate surface area is 152 Å². The molecule has 8 heteroatoms. The number of imide groups is 1. The lowest BCUT2D eigenvalue weighted by Gasteiger charge is -2.30. The lowest BCUT2D eigenvalue weighted by atomic mass is 9.82. The van der Waals surface area contributed by atoms with Crippen LogP contribution in [0.2, 0.25) is 0 Å². The normalized spacial score (nSPS) is 18.6. The number of hydrogen-bond donors (Lipinski definition) is 3. The monoisotopic (exact) mass is 360 g/mol. The van der Waals surface area contributed by atoms with Crippen LogP contribution in [0, 0.1) is 6.92 Å². The average Bonchev–Trinajstić information content (AvgIpc) is 2.85. The number of carbonyl (C=O) groups excluding carboxylic acids is 3. The van der Waals surface area contributed by atoms with Gasteiger partial charge >= 0.3 is 6.03 Å². The van der Waals surface area contributed by atoms with Gasteiger partial charge in [-0.2, -0.15) is 5.01 Å². The maximum absolute atomic E-state index is 12.6. The van der Waals surface area contributed by atoms with E-state index in [1.807, 2.05) is 19.1 Å². The van der Waals surface area contributed by atoms with Crippen molar-refractivity contribution in [2.24, 2.45) is 0 Å². The summed E-state index contributed by atoms with van der Waals surface area (Å²) in [6.45, 7) is 1.84. The van der Waals surface area contributed by atoms with Gasteiger partial charge in [-0.3, -0.25) is 15.0 Å². The molecule has 4 amide bonds. The molecule has 0 atom stereocenters. The van der Waals surface area contributed by atoms with Crippen LogP contribution in [0.3, 0.4) is 0 Å². The molecule has 0 aromatic heterocycles. The van der Waals surface area contributed by atoms with Gasteiger partial charge in [0.15, 0.2) is 0 Å². The molecule has 1 saturated carbocycles. The molecule has 1 heterocycles. The van der Waals surface area contributed by atoms with Crippen molar-refractivity contribution in [2.45, 2.75) is 44.6 Å². The molecule has 0 bridgehead atoms. The second-order valence-electron chi connectivity index (χ2n) is 6.78. The zero-order chi connectivity index (χ0) is 18.7. The summed E-state index contributed by atoms with van der Waals surface area (Å²) in [6, 6.07) is 4.89. The molecule has 2 fully saturated rings. The third-order valence-corrected chi connectivity index (χ3v) is 4.98. The van der Waals surface area contributed by atoms with E-state index in [4.69, 9.17) is 4.74 Å². The van der Waals surface area contributed by atoms with Gasteiger partial charge in [-0.05, 0) is 43.5 Å². The van der Waals surface area contributed by atoms with Crippen LogP contribution < -0.4 is 20.8 Å². The van der Waals surface area contributed by atoms with Crippen molar-refractivity contribution in [1.29, 1.82) is 0 Å². The first kappa shape index (κ1) is 18.0. The van der Waals surface area contributed by atoms with Crippen molar-refractivity contribution in [1.82, 2.24) is 15.8 Å². The second kappa shape index (κ2) is 7.23. The highest BCUT2D eigenvalue weighted by Gasteiger charge is 2.52. The minimum Gasteiger partial charge on any atom is -0.497 e. The highest BCUT2D eigenvalue weighted by Crippen LogP contribution is 2.33. The van der Waals surface area contributed by atoms with Gasteiger partial charge in [0.05, 0.1) is 13.7 Å². The number of nitrogens with one attached hydrogen (secondary N) is 3. The summed E-state index contributed by atoms with van der Waals surface area (Å²) in [5.41, 5.74) is 3.27. The summed E-state index contributed by atoms with van der Waals surface area (Å²) in [5, 5.41) is 6.58. The molecule has 3 rings (SSSR count). The van der Waals surface area contributed by atoms with Gasteiger partial charge in [0.1, 0.15) is 11.3 Å². The molecule has 2 aliphatic rings. The number of carbonyl (C=O) groups is 3. The lowest BCUT2D eigenvalue weighted by Crippen LogP contribution is -2.51. The Bertz CT molecular complexity index is 728. The second-order valence-corrected chi connectivity index (χ2v) is 6.78. The Hall–Kier alpha value is -2.77. The molecule has 3 N–H and O–H groups in total. The van der Waals surface area contributed by atoms with Gasteiger partial charge in [0.25, 0.3) is 11.8 Å². The molecule has 8 nitrogen and oxygen atoms in total. The highest BCUT2D eigenvalue weighted by molar-refractivity contribution is 6.08. The van der Waals surface area contributed by atoms with E-state index in [1.54, 1.807) is 13.2 Å². The van der Waals surface area contributed by atoms with Crippen molar-refractivity contribution in [2.75, 3.05) is 19.0 Å². The SMILES string of the molecule is COc1ccc(NCC(=O)NN2C(=O)NC3(CCCCC3)C2=O)c(C)c1. The van der Waals surface area contributed by atoms with Crippen LogP contribution in [-0.2, 0) is 9.59 Å². The number of anilines is 1. The zero-order valence-electron chi connectivity index (χ0n) is 15.1. The lowest BCUT2D eigenvalue weighted by molar-refractivity contribution is -0.139. The van der Waals surface area contributed by atoms with Gasteiger partial charge in [0.2, 0.25) is 0 Å². The summed E-state index contributed by atoms with van der Waals surface area (Å²) < 4.78 is 5.15. The van der Waals surface area contributed by atoms with Crippen LogP contribution in [0.4, 0.5) is 10.5 Å². The molecular formula is C18H24N4O4. The predicted molar refractivity (Wildman–Crippen MR) is 95.6 cm³/mol. The molecule has 1 spiro atoms. The number of urea groups is 1. The minimum absolute atomic E-state index is 0.0583. The smallest absolute Gasteiger partial charge is 0.344 e. The van der Waals surface area contributed by atoms with E-state index in [1.165, 1.54) is 0 Å². The Morgan fingerprint density at radius 3 is 2.65 bits per heavy atom. The number of hydrazine groups is 1. The summed E-state index contributed by atoms with van der Waals surface area (Å²) in [7, 11) is 1.59. The number of aryl methyl sites for hydroxylation is 1. The number of methoxy groups -OCH3 is 1. The van der Waals surface area contributed by atoms with Crippen LogP contribution in [0.25, 0.3) is 0 Å². The quantitative estimate of drug-likeness (QED) is 0.694. The van der Waals surface area contributed by atoms with E-state index in [9.17, 15) is 14.4 Å². The van der Waals surface area contributed by atoms with Crippen LogP contribution in [0.5, 0.6) is 5.75 Å². The fourth-order valence-electron chi connectivity index (χ4n) is 3.52. The van der Waals surface area contributed by atoms with Crippen LogP contribution in [-0.4, -0.2) is 42.0 Å². The van der Waals surface area contributed by atoms with E-state index in [0.717, 1.165) is 41.3 Å². The van der Waals surface area contributed by atoms with E-state index in [-0.39, 0.29) is 12.5 Å². The van der Waals surface area contributed by atoms with E-state index >= 15 is 0 Å². The van der Waals surface area contributed by atoms with Crippen LogP contribution in [0.15, 0.2) is 18.2 Å².